The number of carbonyl (C=O) groups excluding carboxylic acids is 1. The second-order valence-electron chi connectivity index (χ2n) is 11.0. The number of halogens is 3. The van der Waals surface area contributed by atoms with E-state index in [9.17, 15) is 18.0 Å². The van der Waals surface area contributed by atoms with Crippen molar-refractivity contribution >= 4 is 28.7 Å². The predicted molar refractivity (Wildman–Crippen MR) is 160 cm³/mol. The monoisotopic (exact) mass is 605 g/mol. The maximum Gasteiger partial charge on any atom is 0.394 e. The van der Waals surface area contributed by atoms with Crippen LogP contribution in [0.1, 0.15) is 63.7 Å². The molecule has 2 aromatic rings. The van der Waals surface area contributed by atoms with Gasteiger partial charge in [-0.3, -0.25) is 9.52 Å². The summed E-state index contributed by atoms with van der Waals surface area (Å²) in [4.78, 5) is 24.7. The number of hydrogen-bond donors (Lipinski definition) is 2. The number of hydrogen-bond acceptors (Lipinski definition) is 8. The Morgan fingerprint density at radius 2 is 1.98 bits per heavy atom. The largest absolute Gasteiger partial charge is 0.477 e. The maximum absolute atomic E-state index is 13.3. The highest BCUT2D eigenvalue weighted by atomic mass is 32.2. The summed E-state index contributed by atoms with van der Waals surface area (Å²) in [6, 6.07) is 4.96. The number of amides is 1. The first kappa shape index (κ1) is 31.5. The molecule has 1 atom stereocenters. The molecule has 3 aliphatic rings. The highest BCUT2D eigenvalue weighted by Crippen LogP contribution is 2.59. The van der Waals surface area contributed by atoms with Crippen molar-refractivity contribution in [3.63, 3.8) is 0 Å². The molecule has 2 fully saturated rings. The predicted octanol–water partition coefficient (Wildman–Crippen LogP) is 6.05. The molecule has 1 amide bonds. The first-order chi connectivity index (χ1) is 19.9. The standard InChI is InChI=1S/C27H32F3N7O2S.C2H6/c1-5-22-32-17(2)31-15-18-14-25(3,4)36(16-18)23-19(24(38)35-40-22)6-7-20(33-23)37-12-8-21(34-37)39-13-11-26(9-10-26)27(28,29)30;1-2/h5-8,12,18,31H,1-2,9-11,13-16H2,3-4H3,(H,35,38);1-2H3/b32-22+;. The molecule has 1 aliphatic carbocycles. The maximum atomic E-state index is 13.3. The number of rotatable bonds is 6. The van der Waals surface area contributed by atoms with E-state index in [-0.39, 0.29) is 49.1 Å². The van der Waals surface area contributed by atoms with Crippen molar-refractivity contribution in [3.05, 3.63) is 55.0 Å². The summed E-state index contributed by atoms with van der Waals surface area (Å²) in [5.41, 5.74) is -1.52. The highest BCUT2D eigenvalue weighted by molar-refractivity contribution is 8.13. The van der Waals surface area contributed by atoms with Crippen LogP contribution in [-0.4, -0.2) is 57.1 Å². The summed E-state index contributed by atoms with van der Waals surface area (Å²) >= 11 is 1.04. The number of pyridine rings is 1. The van der Waals surface area contributed by atoms with Crippen LogP contribution >= 0.6 is 11.9 Å². The fraction of sp³-hybridized carbons (Fsp3) is 0.517. The summed E-state index contributed by atoms with van der Waals surface area (Å²) in [5.74, 6) is 1.58. The fourth-order valence-electron chi connectivity index (χ4n) is 5.23. The molecule has 0 spiro atoms. The molecule has 1 unspecified atom stereocenters. The molecule has 1 saturated heterocycles. The first-order valence-corrected chi connectivity index (χ1v) is 14.9. The molecule has 2 bridgehead atoms. The van der Waals surface area contributed by atoms with Crippen LogP contribution in [0.3, 0.4) is 0 Å². The molecule has 5 rings (SSSR count). The lowest BCUT2D eigenvalue weighted by atomic mass is 9.96. The third kappa shape index (κ3) is 6.77. The van der Waals surface area contributed by atoms with Crippen LogP contribution in [0.25, 0.3) is 5.82 Å². The Morgan fingerprint density at radius 1 is 1.24 bits per heavy atom. The van der Waals surface area contributed by atoms with Crippen molar-refractivity contribution < 1.29 is 22.7 Å². The molecule has 1 saturated carbocycles. The average Bonchev–Trinajstić information content (AvgIpc) is 3.50. The van der Waals surface area contributed by atoms with Gasteiger partial charge in [-0.25, -0.2) is 14.7 Å². The van der Waals surface area contributed by atoms with Crippen molar-refractivity contribution in [3.8, 4) is 11.7 Å². The SMILES string of the molecule is C=C/C1=N\C(=C)NCC2CN(c3nc(-n4ccc(OCCC5(C(F)(F)F)CC5)n4)ccc3C(=O)NS1)C(C)(C)C2.CC. The topological polar surface area (TPSA) is 96.7 Å². The number of carbonyl (C=O) groups is 1. The van der Waals surface area contributed by atoms with Crippen molar-refractivity contribution in [1.82, 2.24) is 24.8 Å². The molecule has 2 aliphatic heterocycles. The zero-order valence-electron chi connectivity index (χ0n) is 24.4. The van der Waals surface area contributed by atoms with Crippen LogP contribution in [0.15, 0.2) is 54.4 Å². The van der Waals surface area contributed by atoms with Gasteiger partial charge in [0.25, 0.3) is 5.91 Å². The van der Waals surface area contributed by atoms with Crippen LogP contribution < -0.4 is 19.7 Å². The van der Waals surface area contributed by atoms with Crippen LogP contribution in [0.2, 0.25) is 0 Å². The molecule has 42 heavy (non-hydrogen) atoms. The molecular formula is C29H38F3N7O2S. The van der Waals surface area contributed by atoms with Crippen LogP contribution in [0.4, 0.5) is 19.0 Å². The fourth-order valence-corrected chi connectivity index (χ4v) is 5.78. The Balaban J connectivity index is 0.00000198. The Bertz CT molecular complexity index is 1350. The minimum Gasteiger partial charge on any atom is -0.477 e. The van der Waals surface area contributed by atoms with E-state index < -0.39 is 11.6 Å². The summed E-state index contributed by atoms with van der Waals surface area (Å²) in [6.07, 6.45) is -0.00252. The Hall–Kier alpha value is -3.48. The lowest BCUT2D eigenvalue weighted by molar-refractivity contribution is -0.190. The summed E-state index contributed by atoms with van der Waals surface area (Å²) in [5, 5.41) is 8.14. The summed E-state index contributed by atoms with van der Waals surface area (Å²) in [6.45, 7) is 17.2. The zero-order valence-corrected chi connectivity index (χ0v) is 25.2. The quantitative estimate of drug-likeness (QED) is 0.387. The Labute approximate surface area is 248 Å². The van der Waals surface area contributed by atoms with Crippen molar-refractivity contribution in [2.24, 2.45) is 16.3 Å². The lowest BCUT2D eigenvalue weighted by Crippen LogP contribution is -2.40. The number of fused-ring (bicyclic) bond motifs is 4. The minimum absolute atomic E-state index is 0.0776. The van der Waals surface area contributed by atoms with Gasteiger partial charge in [-0.2, -0.15) is 13.2 Å². The van der Waals surface area contributed by atoms with Gasteiger partial charge in [0.15, 0.2) is 5.82 Å². The molecule has 0 radical (unpaired) electrons. The molecule has 2 aromatic heterocycles. The van der Waals surface area contributed by atoms with E-state index >= 15 is 0 Å². The van der Waals surface area contributed by atoms with Gasteiger partial charge in [-0.1, -0.05) is 27.0 Å². The average molecular weight is 606 g/mol. The normalized spacial score (nSPS) is 22.4. The van der Waals surface area contributed by atoms with E-state index in [0.29, 0.717) is 41.2 Å². The smallest absolute Gasteiger partial charge is 0.394 e. The molecule has 0 aromatic carbocycles. The molecule has 228 valence electrons. The number of alkyl halides is 3. The third-order valence-corrected chi connectivity index (χ3v) is 8.42. The second-order valence-corrected chi connectivity index (χ2v) is 11.9. The van der Waals surface area contributed by atoms with Crippen molar-refractivity contribution in [1.29, 1.82) is 0 Å². The van der Waals surface area contributed by atoms with Crippen molar-refractivity contribution in [2.75, 3.05) is 24.6 Å². The second kappa shape index (κ2) is 12.4. The van der Waals surface area contributed by atoms with Gasteiger partial charge in [-0.05, 0) is 63.7 Å². The zero-order chi connectivity index (χ0) is 30.7. The van der Waals surface area contributed by atoms with E-state index in [2.05, 4.69) is 52.0 Å². The molecule has 4 heterocycles. The van der Waals surface area contributed by atoms with Gasteiger partial charge >= 0.3 is 6.18 Å². The van der Waals surface area contributed by atoms with Gasteiger partial charge in [-0.15, -0.1) is 5.10 Å². The van der Waals surface area contributed by atoms with Crippen molar-refractivity contribution in [2.45, 2.75) is 65.1 Å². The molecule has 9 nitrogen and oxygen atoms in total. The first-order valence-electron chi connectivity index (χ1n) is 14.1. The van der Waals surface area contributed by atoms with E-state index in [1.165, 1.54) is 4.68 Å². The van der Waals surface area contributed by atoms with Crippen LogP contribution in [0.5, 0.6) is 5.88 Å². The van der Waals surface area contributed by atoms with Crippen LogP contribution in [-0.2, 0) is 0 Å². The number of ether oxygens (including phenoxy) is 1. The number of aromatic nitrogens is 3. The van der Waals surface area contributed by atoms with E-state index in [4.69, 9.17) is 9.72 Å². The van der Waals surface area contributed by atoms with Gasteiger partial charge in [0.1, 0.15) is 16.7 Å². The number of nitrogens with one attached hydrogen (secondary N) is 2. The van der Waals surface area contributed by atoms with E-state index in [0.717, 1.165) is 18.4 Å². The molecule has 2 N–H and O–H groups in total. The van der Waals surface area contributed by atoms with Gasteiger partial charge in [0, 0.05) is 42.8 Å². The molecular weight excluding hydrogens is 567 g/mol. The summed E-state index contributed by atoms with van der Waals surface area (Å²) in [7, 11) is 0. The van der Waals surface area contributed by atoms with Gasteiger partial charge < -0.3 is 15.0 Å². The number of aliphatic imine (C=N–C) groups is 1. The number of nitrogens with zero attached hydrogens (tertiary/aromatic N) is 5. The van der Waals surface area contributed by atoms with Gasteiger partial charge in [0.05, 0.1) is 17.6 Å². The summed E-state index contributed by atoms with van der Waals surface area (Å²) < 4.78 is 49.5. The third-order valence-electron chi connectivity index (χ3n) is 7.67. The Morgan fingerprint density at radius 3 is 2.64 bits per heavy atom. The number of anilines is 1. The Kier molecular flexibility index (Phi) is 9.29. The lowest BCUT2D eigenvalue weighted by Gasteiger charge is -2.33. The van der Waals surface area contributed by atoms with E-state index in [1.807, 2.05) is 13.8 Å². The molecule has 13 heteroatoms. The minimum atomic E-state index is -4.22. The van der Waals surface area contributed by atoms with Gasteiger partial charge in [0.2, 0.25) is 5.88 Å². The van der Waals surface area contributed by atoms with Crippen LogP contribution in [0, 0.1) is 11.3 Å². The highest BCUT2D eigenvalue weighted by Gasteiger charge is 2.62. The van der Waals surface area contributed by atoms with E-state index in [1.54, 1.807) is 30.5 Å².